The van der Waals surface area contributed by atoms with Gasteiger partial charge in [-0.05, 0) is 40.8 Å². The number of carbonyl (C=O) groups is 1. The van der Waals surface area contributed by atoms with Gasteiger partial charge in [-0.1, -0.05) is 0 Å². The third kappa shape index (κ3) is 5.94. The van der Waals surface area contributed by atoms with Gasteiger partial charge in [-0.3, -0.25) is 4.79 Å². The third-order valence-electron chi connectivity index (χ3n) is 2.28. The molecule has 0 fully saturated rings. The molecule has 0 aliphatic rings. The Balaban J connectivity index is 3.43. The van der Waals surface area contributed by atoms with Crippen LogP contribution in [0.2, 0.25) is 0 Å². The average Bonchev–Trinajstić information content (AvgIpc) is 2.11. The molecule has 4 nitrogen and oxygen atoms in total. The number of nitrogens with two attached hydrogens (primary N) is 1. The molecule has 0 unspecified atom stereocenters. The van der Waals surface area contributed by atoms with E-state index in [9.17, 15) is 4.79 Å². The van der Waals surface area contributed by atoms with Crippen LogP contribution in [0.1, 0.15) is 27.2 Å². The van der Waals surface area contributed by atoms with Crippen molar-refractivity contribution in [1.29, 1.82) is 0 Å². The zero-order valence-electron chi connectivity index (χ0n) is 9.71. The Kier molecular flexibility index (Phi) is 6.49. The summed E-state index contributed by atoms with van der Waals surface area (Å²) < 4.78 is 0. The van der Waals surface area contributed by atoms with E-state index in [1.807, 2.05) is 0 Å². The summed E-state index contributed by atoms with van der Waals surface area (Å²) in [6, 6.07) is 0.150. The van der Waals surface area contributed by atoms with E-state index in [0.29, 0.717) is 12.6 Å². The minimum Gasteiger partial charge on any atom is -0.355 e. The minimum atomic E-state index is -0.405. The molecular formula is C10H23N3O. The van der Waals surface area contributed by atoms with Crippen molar-refractivity contribution in [3.63, 3.8) is 0 Å². The van der Waals surface area contributed by atoms with E-state index in [4.69, 9.17) is 5.73 Å². The average molecular weight is 201 g/mol. The van der Waals surface area contributed by atoms with Crippen LogP contribution in [0.15, 0.2) is 0 Å². The van der Waals surface area contributed by atoms with Crippen LogP contribution >= 0.6 is 0 Å². The molecule has 0 radical (unpaired) electrons. The van der Waals surface area contributed by atoms with Crippen molar-refractivity contribution in [1.82, 2.24) is 10.2 Å². The Labute approximate surface area is 86.8 Å². The number of nitrogens with one attached hydrogen (secondary N) is 1. The van der Waals surface area contributed by atoms with Gasteiger partial charge in [-0.25, -0.2) is 0 Å². The van der Waals surface area contributed by atoms with Crippen molar-refractivity contribution in [2.75, 3.05) is 20.1 Å². The normalized spacial score (nSPS) is 13.4. The molecule has 0 aromatic carbocycles. The molecule has 14 heavy (non-hydrogen) atoms. The lowest BCUT2D eigenvalue weighted by Crippen LogP contribution is -2.39. The number of nitrogens with zero attached hydrogens (tertiary/aromatic N) is 1. The van der Waals surface area contributed by atoms with Gasteiger partial charge in [0.2, 0.25) is 5.91 Å². The molecular weight excluding hydrogens is 178 g/mol. The van der Waals surface area contributed by atoms with Crippen LogP contribution < -0.4 is 11.1 Å². The van der Waals surface area contributed by atoms with Gasteiger partial charge in [0, 0.05) is 12.6 Å². The first-order valence-corrected chi connectivity index (χ1v) is 5.18. The van der Waals surface area contributed by atoms with Crippen LogP contribution in [0.4, 0.5) is 0 Å². The highest BCUT2D eigenvalue weighted by Gasteiger charge is 2.06. The SMILES string of the molecule is CC(C)N(C)CCCNC(=O)[C@@H](C)N. The highest BCUT2D eigenvalue weighted by molar-refractivity contribution is 5.80. The van der Waals surface area contributed by atoms with Crippen LogP contribution in [0.5, 0.6) is 0 Å². The molecule has 4 heteroatoms. The Bertz CT molecular complexity index is 169. The fourth-order valence-corrected chi connectivity index (χ4v) is 0.959. The summed E-state index contributed by atoms with van der Waals surface area (Å²) in [5.74, 6) is -0.0720. The minimum absolute atomic E-state index is 0.0720. The van der Waals surface area contributed by atoms with Crippen molar-refractivity contribution in [3.8, 4) is 0 Å². The van der Waals surface area contributed by atoms with Gasteiger partial charge in [-0.15, -0.1) is 0 Å². The van der Waals surface area contributed by atoms with E-state index in [2.05, 4.69) is 31.1 Å². The molecule has 0 saturated carbocycles. The van der Waals surface area contributed by atoms with Crippen molar-refractivity contribution in [3.05, 3.63) is 0 Å². The molecule has 0 aliphatic carbocycles. The smallest absolute Gasteiger partial charge is 0.236 e. The highest BCUT2D eigenvalue weighted by atomic mass is 16.2. The Morgan fingerprint density at radius 2 is 2.00 bits per heavy atom. The number of amides is 1. The first kappa shape index (κ1) is 13.4. The van der Waals surface area contributed by atoms with E-state index in [-0.39, 0.29) is 5.91 Å². The summed E-state index contributed by atoms with van der Waals surface area (Å²) in [5, 5.41) is 2.79. The highest BCUT2D eigenvalue weighted by Crippen LogP contribution is 1.94. The molecule has 0 aromatic rings. The number of rotatable bonds is 6. The molecule has 0 aromatic heterocycles. The van der Waals surface area contributed by atoms with Gasteiger partial charge >= 0.3 is 0 Å². The van der Waals surface area contributed by atoms with E-state index in [1.54, 1.807) is 6.92 Å². The van der Waals surface area contributed by atoms with Crippen LogP contribution in [-0.2, 0) is 4.79 Å². The largest absolute Gasteiger partial charge is 0.355 e. The van der Waals surface area contributed by atoms with Crippen molar-refractivity contribution >= 4 is 5.91 Å². The first-order chi connectivity index (χ1) is 6.45. The molecule has 84 valence electrons. The second kappa shape index (κ2) is 6.79. The summed E-state index contributed by atoms with van der Waals surface area (Å²) in [4.78, 5) is 13.3. The molecule has 1 amide bonds. The Hall–Kier alpha value is -0.610. The van der Waals surface area contributed by atoms with Crippen molar-refractivity contribution in [2.24, 2.45) is 5.73 Å². The molecule has 0 rings (SSSR count). The fourth-order valence-electron chi connectivity index (χ4n) is 0.959. The van der Waals surface area contributed by atoms with Crippen molar-refractivity contribution in [2.45, 2.75) is 39.3 Å². The number of hydrogen-bond donors (Lipinski definition) is 2. The third-order valence-corrected chi connectivity index (χ3v) is 2.28. The second-order valence-corrected chi connectivity index (χ2v) is 4.01. The van der Waals surface area contributed by atoms with Crippen LogP contribution in [0.25, 0.3) is 0 Å². The molecule has 1 atom stereocenters. The zero-order valence-corrected chi connectivity index (χ0v) is 9.71. The topological polar surface area (TPSA) is 58.4 Å². The maximum atomic E-state index is 11.1. The standard InChI is InChI=1S/C10H23N3O/c1-8(2)13(4)7-5-6-12-10(14)9(3)11/h8-9H,5-7,11H2,1-4H3,(H,12,14)/t9-/m1/s1. The van der Waals surface area contributed by atoms with Crippen molar-refractivity contribution < 1.29 is 4.79 Å². The van der Waals surface area contributed by atoms with Gasteiger partial charge < -0.3 is 16.0 Å². The van der Waals surface area contributed by atoms with Crippen LogP contribution in [0.3, 0.4) is 0 Å². The molecule has 0 bridgehead atoms. The second-order valence-electron chi connectivity index (χ2n) is 4.01. The Morgan fingerprint density at radius 3 is 2.43 bits per heavy atom. The van der Waals surface area contributed by atoms with E-state index < -0.39 is 6.04 Å². The number of carbonyl (C=O) groups excluding carboxylic acids is 1. The summed E-state index contributed by atoms with van der Waals surface area (Å²) in [7, 11) is 2.08. The maximum Gasteiger partial charge on any atom is 0.236 e. The quantitative estimate of drug-likeness (QED) is 0.603. The molecule has 0 spiro atoms. The first-order valence-electron chi connectivity index (χ1n) is 5.18. The maximum absolute atomic E-state index is 11.1. The van der Waals surface area contributed by atoms with Gasteiger partial charge in [0.25, 0.3) is 0 Å². The monoisotopic (exact) mass is 201 g/mol. The summed E-state index contributed by atoms with van der Waals surface area (Å²) in [6.45, 7) is 7.70. The van der Waals surface area contributed by atoms with Crippen LogP contribution in [-0.4, -0.2) is 43.0 Å². The van der Waals surface area contributed by atoms with E-state index >= 15 is 0 Å². The fraction of sp³-hybridized carbons (Fsp3) is 0.900. The van der Waals surface area contributed by atoms with Gasteiger partial charge in [0.15, 0.2) is 0 Å². The van der Waals surface area contributed by atoms with Gasteiger partial charge in [0.1, 0.15) is 0 Å². The lowest BCUT2D eigenvalue weighted by molar-refractivity contribution is -0.121. The molecule has 0 heterocycles. The number of hydrogen-bond acceptors (Lipinski definition) is 3. The zero-order chi connectivity index (χ0) is 11.1. The summed E-state index contributed by atoms with van der Waals surface area (Å²) >= 11 is 0. The summed E-state index contributed by atoms with van der Waals surface area (Å²) in [6.07, 6.45) is 0.965. The van der Waals surface area contributed by atoms with Gasteiger partial charge in [-0.2, -0.15) is 0 Å². The van der Waals surface area contributed by atoms with Gasteiger partial charge in [0.05, 0.1) is 6.04 Å². The van der Waals surface area contributed by atoms with E-state index in [0.717, 1.165) is 13.0 Å². The predicted molar refractivity (Wildman–Crippen MR) is 59.0 cm³/mol. The molecule has 3 N–H and O–H groups in total. The lowest BCUT2D eigenvalue weighted by atomic mass is 10.3. The van der Waals surface area contributed by atoms with Crippen LogP contribution in [0, 0.1) is 0 Å². The molecule has 0 aliphatic heterocycles. The molecule has 0 saturated heterocycles. The van der Waals surface area contributed by atoms with E-state index in [1.165, 1.54) is 0 Å². The Morgan fingerprint density at radius 1 is 1.43 bits per heavy atom. The predicted octanol–water partition coefficient (Wildman–Crippen LogP) is 0.180. The lowest BCUT2D eigenvalue weighted by Gasteiger charge is -2.20. The summed E-state index contributed by atoms with van der Waals surface area (Å²) in [5.41, 5.74) is 5.40.